The maximum Gasteiger partial charge on any atom is 0.0969 e. The average Bonchev–Trinajstić information content (AvgIpc) is 2.38. The summed E-state index contributed by atoms with van der Waals surface area (Å²) in [6.45, 7) is 21.9. The van der Waals surface area contributed by atoms with Crippen LogP contribution in [0.3, 0.4) is 0 Å². The highest BCUT2D eigenvalue weighted by molar-refractivity contribution is 5.47. The first kappa shape index (κ1) is 30.6. The van der Waals surface area contributed by atoms with Gasteiger partial charge in [0.25, 0.3) is 0 Å². The lowest BCUT2D eigenvalue weighted by atomic mass is 10.4. The summed E-state index contributed by atoms with van der Waals surface area (Å²) in [4.78, 5) is 8.33. The van der Waals surface area contributed by atoms with E-state index in [1.807, 2.05) is 24.3 Å². The molecule has 0 fully saturated rings. The molecule has 0 aliphatic carbocycles. The molecular weight excluding hydrogens is 318 g/mol. The Kier molecular flexibility index (Phi) is 24.1. The van der Waals surface area contributed by atoms with Crippen molar-refractivity contribution < 1.29 is 24.0 Å². The number of hydrogen-bond donors (Lipinski definition) is 1. The van der Waals surface area contributed by atoms with Crippen LogP contribution in [-0.2, 0) is 0 Å². The molecule has 0 aromatic heterocycles. The van der Waals surface area contributed by atoms with Crippen LogP contribution >= 0.6 is 0 Å². The maximum absolute atomic E-state index is 8.33. The Morgan fingerprint density at radius 1 is 0.760 bits per heavy atom. The molecule has 0 aromatic rings. The molecule has 0 amide bonds. The highest BCUT2D eigenvalue weighted by atomic mass is 16.6. The molecule has 2 N–H and O–H groups in total. The number of rotatable bonds is 8. The Morgan fingerprint density at radius 2 is 0.880 bits per heavy atom. The molecule has 0 aliphatic rings. The molecule has 0 saturated carbocycles. The zero-order chi connectivity index (χ0) is 20.9. The van der Waals surface area contributed by atoms with Gasteiger partial charge in [0.2, 0.25) is 0 Å². The highest BCUT2D eigenvalue weighted by Gasteiger charge is 2.08. The summed E-state index contributed by atoms with van der Waals surface area (Å²) in [5.41, 5.74) is 4.61. The zero-order valence-corrected chi connectivity index (χ0v) is 16.4. The van der Waals surface area contributed by atoms with Gasteiger partial charge in [-0.3, -0.25) is 0 Å². The van der Waals surface area contributed by atoms with Crippen LogP contribution in [0, 0.1) is 0 Å². The number of quaternary nitrogens is 2. The van der Waals surface area contributed by atoms with Crippen LogP contribution in [0.5, 0.6) is 0 Å². The summed E-state index contributed by atoms with van der Waals surface area (Å²) in [5, 5.41) is 16.7. The van der Waals surface area contributed by atoms with Crippen LogP contribution in [-0.4, -0.2) is 69.5 Å². The van der Waals surface area contributed by atoms with E-state index in [2.05, 4.69) is 66.8 Å². The molecule has 0 rings (SSSR count). The predicted octanol–water partition coefficient (Wildman–Crippen LogP) is 0.511. The van der Waals surface area contributed by atoms with Gasteiger partial charge in [0.1, 0.15) is 0 Å². The fourth-order valence-electron chi connectivity index (χ4n) is 1.55. The van der Waals surface area contributed by atoms with Crippen LogP contribution < -0.4 is 15.9 Å². The quantitative estimate of drug-likeness (QED) is 0.507. The standard InChI is InChI=1S/2C8H16N.C2H5N.CH2O3/c2*1-5-7-9(3,4)8-6-2;1-2-3;2-1(3)4/h2*5-6H,1-2,7-8H2,3-4H3;2H,1,3H2;(H2,2,3,4)/q2*+1;;/p-2. The van der Waals surface area contributed by atoms with E-state index in [1.165, 1.54) is 6.20 Å². The number of hydrogen-bond acceptors (Lipinski definition) is 4. The van der Waals surface area contributed by atoms with Crippen molar-refractivity contribution in [2.24, 2.45) is 5.73 Å². The van der Waals surface area contributed by atoms with Crippen molar-refractivity contribution in [2.45, 2.75) is 0 Å². The minimum atomic E-state index is -2.33. The van der Waals surface area contributed by atoms with E-state index in [-0.39, 0.29) is 0 Å². The van der Waals surface area contributed by atoms with Crippen molar-refractivity contribution >= 4 is 6.16 Å². The Balaban J connectivity index is -0.000000130. The molecular formula is C19H37N3O3. The van der Waals surface area contributed by atoms with E-state index >= 15 is 0 Å². The van der Waals surface area contributed by atoms with Crippen molar-refractivity contribution in [2.75, 3.05) is 54.4 Å². The minimum absolute atomic E-state index is 0.951. The van der Waals surface area contributed by atoms with Gasteiger partial charge in [0.05, 0.1) is 54.4 Å². The van der Waals surface area contributed by atoms with E-state index in [0.717, 1.165) is 35.1 Å². The minimum Gasteiger partial charge on any atom is -0.652 e. The molecule has 0 spiro atoms. The lowest BCUT2D eigenvalue weighted by Gasteiger charge is -2.26. The topological polar surface area (TPSA) is 89.2 Å². The van der Waals surface area contributed by atoms with Gasteiger partial charge in [-0.1, -0.05) is 32.9 Å². The summed E-state index contributed by atoms with van der Waals surface area (Å²) < 4.78 is 1.90. The summed E-state index contributed by atoms with van der Waals surface area (Å²) in [6, 6.07) is 0. The fourth-order valence-corrected chi connectivity index (χ4v) is 1.55. The number of nitrogens with two attached hydrogens (primary N) is 1. The largest absolute Gasteiger partial charge is 0.652 e. The molecule has 6 nitrogen and oxygen atoms in total. The first-order valence-corrected chi connectivity index (χ1v) is 7.67. The molecule has 0 unspecified atom stereocenters. The van der Waals surface area contributed by atoms with Gasteiger partial charge in [0.15, 0.2) is 0 Å². The molecule has 0 radical (unpaired) electrons. The summed E-state index contributed by atoms with van der Waals surface area (Å²) in [7, 11) is 8.62. The van der Waals surface area contributed by atoms with Gasteiger partial charge < -0.3 is 29.7 Å². The van der Waals surface area contributed by atoms with Gasteiger partial charge in [-0.05, 0) is 36.7 Å². The van der Waals surface area contributed by atoms with Crippen molar-refractivity contribution in [3.63, 3.8) is 0 Å². The molecule has 6 heteroatoms. The number of carbonyl (C=O) groups is 1. The Labute approximate surface area is 154 Å². The SMILES string of the molecule is C=CC[N+](C)(C)CC=C.C=CC[N+](C)(C)CC=C.C=CN.O=C([O-])[O-]. The van der Waals surface area contributed by atoms with Crippen LogP contribution in [0.25, 0.3) is 0 Å². The third-order valence-electron chi connectivity index (χ3n) is 2.49. The van der Waals surface area contributed by atoms with Crippen LogP contribution in [0.1, 0.15) is 0 Å². The maximum atomic E-state index is 8.33. The van der Waals surface area contributed by atoms with Crippen LogP contribution in [0.2, 0.25) is 0 Å². The molecule has 0 bridgehead atoms. The smallest absolute Gasteiger partial charge is 0.0969 e. The first-order valence-electron chi connectivity index (χ1n) is 7.67. The first-order chi connectivity index (χ1) is 11.4. The third kappa shape index (κ3) is 44.9. The number of nitrogens with zero attached hydrogens (tertiary/aromatic N) is 2. The highest BCUT2D eigenvalue weighted by Crippen LogP contribution is 1.95. The number of carboxylic acid groups (broad SMARTS) is 2. The monoisotopic (exact) mass is 355 g/mol. The summed E-state index contributed by atoms with van der Waals surface area (Å²) >= 11 is 0. The molecule has 0 heterocycles. The third-order valence-corrected chi connectivity index (χ3v) is 2.49. The zero-order valence-electron chi connectivity index (χ0n) is 16.4. The van der Waals surface area contributed by atoms with E-state index in [9.17, 15) is 0 Å². The molecule has 25 heavy (non-hydrogen) atoms. The van der Waals surface area contributed by atoms with Gasteiger partial charge in [0, 0.05) is 0 Å². The Hall–Kier alpha value is -2.31. The second-order valence-electron chi connectivity index (χ2n) is 6.24. The predicted molar refractivity (Wildman–Crippen MR) is 104 cm³/mol. The van der Waals surface area contributed by atoms with Crippen LogP contribution in [0.4, 0.5) is 4.79 Å². The van der Waals surface area contributed by atoms with Crippen LogP contribution in [0.15, 0.2) is 63.4 Å². The second kappa shape index (κ2) is 19.7. The van der Waals surface area contributed by atoms with Gasteiger partial charge in [-0.2, -0.15) is 0 Å². The molecule has 0 aromatic carbocycles. The van der Waals surface area contributed by atoms with Crippen molar-refractivity contribution in [1.29, 1.82) is 0 Å². The molecule has 0 saturated heterocycles. The lowest BCUT2D eigenvalue weighted by Crippen LogP contribution is -2.39. The van der Waals surface area contributed by atoms with E-state index < -0.39 is 6.16 Å². The van der Waals surface area contributed by atoms with Gasteiger partial charge in [-0.25, -0.2) is 0 Å². The number of carbonyl (C=O) groups excluding carboxylic acids is 1. The van der Waals surface area contributed by atoms with E-state index in [1.54, 1.807) is 0 Å². The van der Waals surface area contributed by atoms with Crippen molar-refractivity contribution in [1.82, 2.24) is 0 Å². The Morgan fingerprint density at radius 3 is 0.960 bits per heavy atom. The van der Waals surface area contributed by atoms with E-state index in [4.69, 9.17) is 15.0 Å². The van der Waals surface area contributed by atoms with Crippen molar-refractivity contribution in [3.05, 3.63) is 63.4 Å². The van der Waals surface area contributed by atoms with E-state index in [0.29, 0.717) is 0 Å². The Bertz CT molecular complexity index is 333. The number of likely N-dealkylation sites (N-methyl/N-ethyl adjacent to an activating group) is 2. The normalized spacial score (nSPS) is 9.28. The van der Waals surface area contributed by atoms with Crippen molar-refractivity contribution in [3.8, 4) is 0 Å². The lowest BCUT2D eigenvalue weighted by molar-refractivity contribution is -0.878. The van der Waals surface area contributed by atoms with Gasteiger partial charge >= 0.3 is 0 Å². The molecule has 146 valence electrons. The van der Waals surface area contributed by atoms with Gasteiger partial charge in [-0.15, -0.1) is 0 Å². The second-order valence-corrected chi connectivity index (χ2v) is 6.24. The summed E-state index contributed by atoms with van der Waals surface area (Å²) in [5.74, 6) is 0. The molecule has 0 atom stereocenters. The average molecular weight is 356 g/mol. The fraction of sp³-hybridized carbons (Fsp3) is 0.421. The molecule has 0 aliphatic heterocycles. The summed E-state index contributed by atoms with van der Waals surface area (Å²) in [6.07, 6.45) is 6.65.